The molecule has 0 aliphatic carbocycles. The zero-order chi connectivity index (χ0) is 14.8. The summed E-state index contributed by atoms with van der Waals surface area (Å²) < 4.78 is 1.12. The summed E-state index contributed by atoms with van der Waals surface area (Å²) >= 11 is 1.55. The van der Waals surface area contributed by atoms with Gasteiger partial charge in [0.25, 0.3) is 0 Å². The van der Waals surface area contributed by atoms with E-state index in [1.165, 1.54) is 22.6 Å². The Labute approximate surface area is 125 Å². The lowest BCUT2D eigenvalue weighted by atomic mass is 10.1. The normalized spacial score (nSPS) is 14.0. The summed E-state index contributed by atoms with van der Waals surface area (Å²) in [4.78, 5) is 4.51. The summed E-state index contributed by atoms with van der Waals surface area (Å²) in [6.07, 6.45) is 3.03. The summed E-state index contributed by atoms with van der Waals surface area (Å²) in [7, 11) is 0. The highest BCUT2D eigenvalue weighted by atomic mass is 32.1. The van der Waals surface area contributed by atoms with E-state index in [9.17, 15) is 0 Å². The maximum Gasteiger partial charge on any atom is 0.187 e. The third-order valence-electron chi connectivity index (χ3n) is 3.10. The molecule has 1 aliphatic rings. The molecule has 106 valence electrons. The van der Waals surface area contributed by atoms with E-state index in [-0.39, 0.29) is 0 Å². The molecule has 1 aromatic carbocycles. The SMILES string of the molecule is Cc1cc2nc(NC=C(C#N)N3NC=NN3)sc2cc1C. The monoisotopic (exact) mass is 299 g/mol. The maximum atomic E-state index is 9.12. The number of hydrazine groups is 2. The third-order valence-corrected chi connectivity index (χ3v) is 4.05. The number of anilines is 1. The van der Waals surface area contributed by atoms with Crippen LogP contribution >= 0.6 is 11.3 Å². The molecule has 0 saturated heterocycles. The van der Waals surface area contributed by atoms with Gasteiger partial charge in [-0.25, -0.2) is 4.98 Å². The Bertz CT molecular complexity index is 737. The molecule has 0 amide bonds. The number of fused-ring (bicyclic) bond motifs is 1. The van der Waals surface area contributed by atoms with Crippen LogP contribution in [0.5, 0.6) is 0 Å². The number of nitrogens with one attached hydrogen (secondary N) is 3. The predicted octanol–water partition coefficient (Wildman–Crippen LogP) is 1.96. The van der Waals surface area contributed by atoms with E-state index in [1.54, 1.807) is 17.5 Å². The minimum Gasteiger partial charge on any atom is -0.335 e. The van der Waals surface area contributed by atoms with Gasteiger partial charge in [0.15, 0.2) is 10.8 Å². The highest BCUT2D eigenvalue weighted by Gasteiger charge is 2.11. The molecule has 21 heavy (non-hydrogen) atoms. The first kappa shape index (κ1) is 13.2. The lowest BCUT2D eigenvalue weighted by Gasteiger charge is -2.14. The number of hydrogen-bond acceptors (Lipinski definition) is 8. The van der Waals surface area contributed by atoms with E-state index in [0.29, 0.717) is 5.70 Å². The van der Waals surface area contributed by atoms with Crippen LogP contribution in [0.1, 0.15) is 11.1 Å². The van der Waals surface area contributed by atoms with Crippen molar-refractivity contribution in [2.24, 2.45) is 5.10 Å². The fraction of sp³-hybridized carbons (Fsp3) is 0.154. The van der Waals surface area contributed by atoms with Crippen molar-refractivity contribution >= 4 is 33.0 Å². The lowest BCUT2D eigenvalue weighted by Crippen LogP contribution is -2.37. The summed E-state index contributed by atoms with van der Waals surface area (Å²) in [6, 6.07) is 6.26. The average Bonchev–Trinajstić information content (AvgIpc) is 3.10. The number of rotatable bonds is 3. The molecule has 8 heteroatoms. The Morgan fingerprint density at radius 1 is 1.43 bits per heavy atom. The first-order valence-corrected chi connectivity index (χ1v) is 7.07. The Balaban J connectivity index is 1.83. The molecular formula is C13H13N7S. The van der Waals surface area contributed by atoms with Gasteiger partial charge in [0, 0.05) is 6.20 Å². The molecule has 0 spiro atoms. The van der Waals surface area contributed by atoms with E-state index in [1.807, 2.05) is 0 Å². The van der Waals surface area contributed by atoms with Crippen molar-refractivity contribution in [1.82, 2.24) is 21.1 Å². The molecule has 0 saturated carbocycles. The zero-order valence-corrected chi connectivity index (χ0v) is 12.3. The summed E-state index contributed by atoms with van der Waals surface area (Å²) in [5, 5.41) is 18.1. The van der Waals surface area contributed by atoms with Crippen molar-refractivity contribution in [3.63, 3.8) is 0 Å². The van der Waals surface area contributed by atoms with Crippen LogP contribution in [-0.4, -0.2) is 16.4 Å². The van der Waals surface area contributed by atoms with Gasteiger partial charge in [-0.05, 0) is 37.1 Å². The molecule has 0 unspecified atom stereocenters. The molecule has 1 aliphatic heterocycles. The van der Waals surface area contributed by atoms with Crippen LogP contribution in [0.2, 0.25) is 0 Å². The van der Waals surface area contributed by atoms with Crippen LogP contribution in [0.3, 0.4) is 0 Å². The number of hydrazone groups is 1. The maximum absolute atomic E-state index is 9.12. The largest absolute Gasteiger partial charge is 0.335 e. The molecule has 3 rings (SSSR count). The molecule has 7 nitrogen and oxygen atoms in total. The molecule has 0 radical (unpaired) electrons. The highest BCUT2D eigenvalue weighted by Crippen LogP contribution is 2.28. The number of nitriles is 1. The van der Waals surface area contributed by atoms with Crippen LogP contribution in [0.25, 0.3) is 10.2 Å². The number of aryl methyl sites for hydroxylation is 2. The molecule has 2 heterocycles. The van der Waals surface area contributed by atoms with Crippen LogP contribution in [-0.2, 0) is 0 Å². The standard InChI is InChI=1S/C13H13N7S/c1-8-3-11-12(4-9(8)2)21-13(18-11)15-6-10(5-14)20-17-7-16-19-20/h3-4,6-7,19H,1-2H3,(H,15,18)(H,16,17). The van der Waals surface area contributed by atoms with E-state index >= 15 is 0 Å². The number of hydrogen-bond donors (Lipinski definition) is 3. The Hall–Kier alpha value is -2.79. The molecule has 2 aromatic rings. The molecule has 1 aromatic heterocycles. The third kappa shape index (κ3) is 2.59. The molecular weight excluding hydrogens is 286 g/mol. The Morgan fingerprint density at radius 2 is 2.24 bits per heavy atom. The minimum absolute atomic E-state index is 0.346. The van der Waals surface area contributed by atoms with E-state index in [4.69, 9.17) is 5.26 Å². The molecule has 3 N–H and O–H groups in total. The molecule has 0 bridgehead atoms. The van der Waals surface area contributed by atoms with Gasteiger partial charge in [-0.15, -0.1) is 5.10 Å². The zero-order valence-electron chi connectivity index (χ0n) is 11.5. The highest BCUT2D eigenvalue weighted by molar-refractivity contribution is 7.22. The smallest absolute Gasteiger partial charge is 0.187 e. The number of thiazole rings is 1. The van der Waals surface area contributed by atoms with Crippen molar-refractivity contribution < 1.29 is 0 Å². The van der Waals surface area contributed by atoms with Crippen molar-refractivity contribution in [3.8, 4) is 6.07 Å². The number of aromatic nitrogens is 1. The van der Waals surface area contributed by atoms with Gasteiger partial charge >= 0.3 is 0 Å². The van der Waals surface area contributed by atoms with Gasteiger partial charge in [-0.2, -0.15) is 15.9 Å². The lowest BCUT2D eigenvalue weighted by molar-refractivity contribution is 0.254. The molecule has 0 fully saturated rings. The van der Waals surface area contributed by atoms with Crippen molar-refractivity contribution in [2.75, 3.05) is 5.32 Å². The number of nitrogens with zero attached hydrogens (tertiary/aromatic N) is 4. The van der Waals surface area contributed by atoms with Gasteiger partial charge < -0.3 is 5.32 Å². The second-order valence-electron chi connectivity index (χ2n) is 4.53. The number of benzene rings is 1. The fourth-order valence-electron chi connectivity index (χ4n) is 1.84. The van der Waals surface area contributed by atoms with E-state index < -0.39 is 0 Å². The summed E-state index contributed by atoms with van der Waals surface area (Å²) in [6.45, 7) is 4.15. The Kier molecular flexibility index (Phi) is 3.33. The van der Waals surface area contributed by atoms with Crippen LogP contribution < -0.4 is 16.3 Å². The second-order valence-corrected chi connectivity index (χ2v) is 5.56. The summed E-state index contributed by atoms with van der Waals surface area (Å²) in [5.74, 6) is 0. The predicted molar refractivity (Wildman–Crippen MR) is 83.0 cm³/mol. The van der Waals surface area contributed by atoms with E-state index in [0.717, 1.165) is 15.3 Å². The van der Waals surface area contributed by atoms with Crippen LogP contribution in [0.4, 0.5) is 5.13 Å². The first-order valence-electron chi connectivity index (χ1n) is 6.25. The second kappa shape index (κ2) is 5.30. The van der Waals surface area contributed by atoms with Crippen LogP contribution in [0, 0.1) is 25.2 Å². The summed E-state index contributed by atoms with van der Waals surface area (Å²) in [5.41, 5.74) is 9.16. The van der Waals surface area contributed by atoms with Gasteiger partial charge in [0.2, 0.25) is 0 Å². The van der Waals surface area contributed by atoms with Crippen molar-refractivity contribution in [1.29, 1.82) is 5.26 Å². The topological polar surface area (TPSA) is 88.4 Å². The van der Waals surface area contributed by atoms with Gasteiger partial charge in [0.05, 0.1) is 10.2 Å². The quantitative estimate of drug-likeness (QED) is 0.751. The number of allylic oxidation sites excluding steroid dienone is 1. The van der Waals surface area contributed by atoms with Crippen molar-refractivity contribution in [2.45, 2.75) is 13.8 Å². The minimum atomic E-state index is 0.346. The van der Waals surface area contributed by atoms with Crippen molar-refractivity contribution in [3.05, 3.63) is 35.2 Å². The van der Waals surface area contributed by atoms with Crippen LogP contribution in [0.15, 0.2) is 29.1 Å². The van der Waals surface area contributed by atoms with Gasteiger partial charge in [0.1, 0.15) is 12.4 Å². The first-order chi connectivity index (χ1) is 10.2. The van der Waals surface area contributed by atoms with Gasteiger partial charge in [-0.1, -0.05) is 11.3 Å². The average molecular weight is 299 g/mol. The fourth-order valence-corrected chi connectivity index (χ4v) is 2.76. The van der Waals surface area contributed by atoms with Gasteiger partial charge in [-0.3, -0.25) is 5.43 Å². The van der Waals surface area contributed by atoms with E-state index in [2.05, 4.69) is 58.4 Å². The Morgan fingerprint density at radius 3 is 2.95 bits per heavy atom. The molecule has 0 atom stereocenters.